The van der Waals surface area contributed by atoms with Crippen LogP contribution in [0.15, 0.2) is 48.5 Å². The maximum Gasteiger partial charge on any atom is 0.214 e. The molecule has 3 aromatic rings. The molecule has 2 aromatic carbocycles. The van der Waals surface area contributed by atoms with E-state index in [0.29, 0.717) is 6.54 Å². The Morgan fingerprint density at radius 1 is 1.11 bits per heavy atom. The van der Waals surface area contributed by atoms with Gasteiger partial charge in [-0.2, -0.15) is 0 Å². The summed E-state index contributed by atoms with van der Waals surface area (Å²) in [6.07, 6.45) is 2.39. The molecule has 0 amide bonds. The monoisotopic (exact) mass is 400 g/mol. The molecule has 0 bridgehead atoms. The largest absolute Gasteiger partial charge is 0.322 e. The molecule has 1 saturated heterocycles. The van der Waals surface area contributed by atoms with Gasteiger partial charge in [-0.25, -0.2) is 9.07 Å². The van der Waals surface area contributed by atoms with Gasteiger partial charge in [0.25, 0.3) is 0 Å². The van der Waals surface area contributed by atoms with Crippen LogP contribution in [0.1, 0.15) is 42.8 Å². The maximum absolute atomic E-state index is 13.2. The SMILES string of the molecule is CC1CC[NH+]([C@@H](c2ccc(Cl)cc2)c2nnnn2Cc2ccc(F)cc2)CC1. The van der Waals surface area contributed by atoms with Gasteiger partial charge in [0.05, 0.1) is 19.6 Å². The smallest absolute Gasteiger partial charge is 0.214 e. The molecule has 0 aliphatic carbocycles. The van der Waals surface area contributed by atoms with Crippen LogP contribution in [0.3, 0.4) is 0 Å². The number of nitrogens with zero attached hydrogens (tertiary/aromatic N) is 4. The maximum atomic E-state index is 13.2. The number of piperidine rings is 1. The molecule has 5 nitrogen and oxygen atoms in total. The lowest BCUT2D eigenvalue weighted by Gasteiger charge is -2.33. The molecular weight excluding hydrogens is 377 g/mol. The Morgan fingerprint density at radius 3 is 2.46 bits per heavy atom. The molecule has 2 heterocycles. The zero-order chi connectivity index (χ0) is 19.5. The van der Waals surface area contributed by atoms with Crippen molar-refractivity contribution in [3.8, 4) is 0 Å². The van der Waals surface area contributed by atoms with Crippen molar-refractivity contribution >= 4 is 11.6 Å². The summed E-state index contributed by atoms with van der Waals surface area (Å²) in [7, 11) is 0. The van der Waals surface area contributed by atoms with E-state index < -0.39 is 0 Å². The molecule has 0 radical (unpaired) electrons. The van der Waals surface area contributed by atoms with Gasteiger partial charge in [-0.1, -0.05) is 42.8 Å². The predicted octanol–water partition coefficient (Wildman–Crippen LogP) is 2.92. The third-order valence-corrected chi connectivity index (χ3v) is 5.84. The summed E-state index contributed by atoms with van der Waals surface area (Å²) in [5, 5.41) is 13.3. The molecule has 1 aliphatic rings. The summed E-state index contributed by atoms with van der Waals surface area (Å²) in [6.45, 7) is 4.98. The lowest BCUT2D eigenvalue weighted by atomic mass is 9.95. The van der Waals surface area contributed by atoms with Gasteiger partial charge in [0.15, 0.2) is 6.04 Å². The highest BCUT2D eigenvalue weighted by Gasteiger charge is 2.33. The Kier molecular flexibility index (Phi) is 5.69. The van der Waals surface area contributed by atoms with Gasteiger partial charge in [-0.05, 0) is 59.0 Å². The zero-order valence-corrected chi connectivity index (χ0v) is 16.6. The summed E-state index contributed by atoms with van der Waals surface area (Å²) in [5.74, 6) is 1.34. The highest BCUT2D eigenvalue weighted by molar-refractivity contribution is 6.30. The Hall–Kier alpha value is -2.31. The third kappa shape index (κ3) is 4.23. The zero-order valence-electron chi connectivity index (χ0n) is 15.9. The van der Waals surface area contributed by atoms with E-state index in [0.717, 1.165) is 41.0 Å². The molecule has 1 N–H and O–H groups in total. The Balaban J connectivity index is 1.67. The number of halogens is 2. The van der Waals surface area contributed by atoms with Crippen molar-refractivity contribution in [2.24, 2.45) is 5.92 Å². The quantitative estimate of drug-likeness (QED) is 0.716. The number of hydrogen-bond donors (Lipinski definition) is 1. The van der Waals surface area contributed by atoms with Crippen LogP contribution in [0, 0.1) is 11.7 Å². The summed E-state index contributed by atoms with van der Waals surface area (Å²) in [4.78, 5) is 1.47. The van der Waals surface area contributed by atoms with Gasteiger partial charge in [-0.15, -0.1) is 5.10 Å². The topological polar surface area (TPSA) is 48.0 Å². The molecule has 7 heteroatoms. The standard InChI is InChI=1S/C21H23ClFN5/c1-15-10-12-27(13-11-15)20(17-4-6-18(22)7-5-17)21-24-25-26-28(21)14-16-2-8-19(23)9-3-16/h2-9,15,20H,10-14H2,1H3/p+1/t20-/m0/s1. The van der Waals surface area contributed by atoms with Gasteiger partial charge >= 0.3 is 0 Å². The van der Waals surface area contributed by atoms with Crippen molar-refractivity contribution < 1.29 is 9.29 Å². The average molecular weight is 401 g/mol. The molecule has 1 aliphatic heterocycles. The first-order valence-electron chi connectivity index (χ1n) is 9.70. The van der Waals surface area contributed by atoms with E-state index in [-0.39, 0.29) is 11.9 Å². The van der Waals surface area contributed by atoms with Crippen LogP contribution in [0.4, 0.5) is 4.39 Å². The van der Waals surface area contributed by atoms with E-state index in [2.05, 4.69) is 34.6 Å². The number of rotatable bonds is 5. The molecule has 1 aromatic heterocycles. The van der Waals surface area contributed by atoms with Crippen LogP contribution < -0.4 is 4.90 Å². The van der Waals surface area contributed by atoms with E-state index in [4.69, 9.17) is 11.6 Å². The molecule has 28 heavy (non-hydrogen) atoms. The molecule has 1 fully saturated rings. The fourth-order valence-corrected chi connectivity index (χ4v) is 4.06. The van der Waals surface area contributed by atoms with Crippen molar-refractivity contribution in [3.63, 3.8) is 0 Å². The molecule has 1 atom stereocenters. The average Bonchev–Trinajstić information content (AvgIpc) is 3.14. The van der Waals surface area contributed by atoms with Gasteiger partial charge in [0.1, 0.15) is 5.82 Å². The number of quaternary nitrogens is 1. The minimum atomic E-state index is -0.244. The minimum absolute atomic E-state index is 0.0419. The predicted molar refractivity (Wildman–Crippen MR) is 106 cm³/mol. The Morgan fingerprint density at radius 2 is 1.79 bits per heavy atom. The van der Waals surface area contributed by atoms with Crippen LogP contribution in [0.25, 0.3) is 0 Å². The number of benzene rings is 2. The lowest BCUT2D eigenvalue weighted by Crippen LogP contribution is -3.13. The van der Waals surface area contributed by atoms with E-state index in [1.54, 1.807) is 12.1 Å². The van der Waals surface area contributed by atoms with Crippen molar-refractivity contribution in [2.45, 2.75) is 32.4 Å². The molecular formula is C21H24ClFN5+. The molecule has 4 rings (SSSR count). The summed E-state index contributed by atoms with van der Waals surface area (Å²) in [5.41, 5.74) is 2.12. The first-order valence-corrected chi connectivity index (χ1v) is 10.1. The second kappa shape index (κ2) is 8.37. The minimum Gasteiger partial charge on any atom is -0.322 e. The summed E-state index contributed by atoms with van der Waals surface area (Å²) >= 11 is 6.11. The fourth-order valence-electron chi connectivity index (χ4n) is 3.94. The molecule has 146 valence electrons. The lowest BCUT2D eigenvalue weighted by molar-refractivity contribution is -0.932. The van der Waals surface area contributed by atoms with Gasteiger partial charge < -0.3 is 4.90 Å². The number of likely N-dealkylation sites (tertiary alicyclic amines) is 1. The first kappa shape index (κ1) is 19.0. The van der Waals surface area contributed by atoms with Crippen molar-refractivity contribution in [3.05, 3.63) is 76.3 Å². The van der Waals surface area contributed by atoms with Crippen LogP contribution >= 0.6 is 11.6 Å². The van der Waals surface area contributed by atoms with Crippen molar-refractivity contribution in [2.75, 3.05) is 13.1 Å². The van der Waals surface area contributed by atoms with E-state index in [1.165, 1.54) is 29.9 Å². The first-order chi connectivity index (χ1) is 13.6. The second-order valence-electron chi connectivity index (χ2n) is 7.65. The second-order valence-corrected chi connectivity index (χ2v) is 8.08. The van der Waals surface area contributed by atoms with Gasteiger partial charge in [-0.3, -0.25) is 0 Å². The number of nitrogens with one attached hydrogen (secondary N) is 1. The molecule has 0 spiro atoms. The Bertz CT molecular complexity index is 901. The van der Waals surface area contributed by atoms with Gasteiger partial charge in [0.2, 0.25) is 5.82 Å². The number of tetrazole rings is 1. The summed E-state index contributed by atoms with van der Waals surface area (Å²) < 4.78 is 15.1. The highest BCUT2D eigenvalue weighted by Crippen LogP contribution is 2.22. The van der Waals surface area contributed by atoms with Crippen LogP contribution in [-0.4, -0.2) is 33.3 Å². The van der Waals surface area contributed by atoms with Gasteiger partial charge in [0, 0.05) is 10.6 Å². The van der Waals surface area contributed by atoms with E-state index in [1.807, 2.05) is 16.8 Å². The van der Waals surface area contributed by atoms with Crippen LogP contribution in [-0.2, 0) is 6.54 Å². The summed E-state index contributed by atoms with van der Waals surface area (Å²) in [6, 6.07) is 14.5. The third-order valence-electron chi connectivity index (χ3n) is 5.59. The Labute approximate surface area is 169 Å². The van der Waals surface area contributed by atoms with E-state index in [9.17, 15) is 4.39 Å². The fraction of sp³-hybridized carbons (Fsp3) is 0.381. The number of hydrogen-bond acceptors (Lipinski definition) is 3. The highest BCUT2D eigenvalue weighted by atomic mass is 35.5. The van der Waals surface area contributed by atoms with E-state index >= 15 is 0 Å². The normalized spacial score (nSPS) is 20.8. The van der Waals surface area contributed by atoms with Crippen LogP contribution in [0.2, 0.25) is 5.02 Å². The van der Waals surface area contributed by atoms with Crippen molar-refractivity contribution in [1.29, 1.82) is 0 Å². The van der Waals surface area contributed by atoms with Crippen molar-refractivity contribution in [1.82, 2.24) is 20.2 Å². The molecule has 0 saturated carbocycles. The molecule has 0 unspecified atom stereocenters. The number of aromatic nitrogens is 4. The van der Waals surface area contributed by atoms with Crippen LogP contribution in [0.5, 0.6) is 0 Å².